The second-order valence-electron chi connectivity index (χ2n) is 7.24. The summed E-state index contributed by atoms with van der Waals surface area (Å²) >= 11 is 0. The lowest BCUT2D eigenvalue weighted by Crippen LogP contribution is -2.40. The van der Waals surface area contributed by atoms with Crippen molar-refractivity contribution < 1.29 is 4.79 Å². The van der Waals surface area contributed by atoms with Crippen LogP contribution in [-0.4, -0.2) is 63.1 Å². The van der Waals surface area contributed by atoms with Gasteiger partial charge in [-0.25, -0.2) is 0 Å². The summed E-state index contributed by atoms with van der Waals surface area (Å²) in [6, 6.07) is 9.34. The number of nitrogens with two attached hydrogens (primary N) is 1. The minimum Gasteiger partial charge on any atom is -0.367 e. The van der Waals surface area contributed by atoms with E-state index in [4.69, 9.17) is 5.73 Å². The molecule has 0 radical (unpaired) electrons. The highest BCUT2D eigenvalue weighted by Gasteiger charge is 2.28. The zero-order valence-corrected chi connectivity index (χ0v) is 15.0. The largest absolute Gasteiger partial charge is 0.367 e. The van der Waals surface area contributed by atoms with Gasteiger partial charge < -0.3 is 10.6 Å². The van der Waals surface area contributed by atoms with Crippen molar-refractivity contribution in [1.29, 1.82) is 0 Å². The highest BCUT2D eigenvalue weighted by molar-refractivity contribution is 5.76. The fraction of sp³-hybridized carbons (Fsp3) is 0.526. The third kappa shape index (κ3) is 3.72. The first-order valence-electron chi connectivity index (χ1n) is 9.44. The van der Waals surface area contributed by atoms with E-state index in [0.717, 1.165) is 45.4 Å². The molecule has 1 aliphatic carbocycles. The summed E-state index contributed by atoms with van der Waals surface area (Å²) in [6.45, 7) is 3.68. The van der Waals surface area contributed by atoms with Gasteiger partial charge in [0.05, 0.1) is 0 Å². The average Bonchev–Trinajstić information content (AvgIpc) is 3.18. The molecule has 2 aliphatic rings. The number of nitrogen functional groups attached to an aromatic ring is 1. The molecule has 0 unspecified atom stereocenters. The fourth-order valence-electron chi connectivity index (χ4n) is 4.15. The SMILES string of the molecule is Nc1n[nH]c(CCC(=O)N2CCCN(C3Cc4ccccc4C3)CC2)n1. The number of carbonyl (C=O) groups excluding carboxylic acids is 1. The zero-order chi connectivity index (χ0) is 17.9. The van der Waals surface area contributed by atoms with Gasteiger partial charge in [0.15, 0.2) is 0 Å². The number of aromatic amines is 1. The predicted molar refractivity (Wildman–Crippen MR) is 99.5 cm³/mol. The van der Waals surface area contributed by atoms with Gasteiger partial charge in [-0.2, -0.15) is 4.98 Å². The summed E-state index contributed by atoms with van der Waals surface area (Å²) in [5, 5.41) is 6.57. The summed E-state index contributed by atoms with van der Waals surface area (Å²) in [6.07, 6.45) is 4.31. The molecule has 138 valence electrons. The molecule has 7 nitrogen and oxygen atoms in total. The van der Waals surface area contributed by atoms with Crippen molar-refractivity contribution in [3.63, 3.8) is 0 Å². The molecule has 1 aromatic carbocycles. The molecular weight excluding hydrogens is 328 g/mol. The summed E-state index contributed by atoms with van der Waals surface area (Å²) in [4.78, 5) is 21.2. The Kier molecular flexibility index (Phi) is 4.88. The van der Waals surface area contributed by atoms with Gasteiger partial charge in [-0.15, -0.1) is 5.10 Å². The molecule has 7 heteroatoms. The van der Waals surface area contributed by atoms with E-state index in [1.807, 2.05) is 4.90 Å². The summed E-state index contributed by atoms with van der Waals surface area (Å²) in [7, 11) is 0. The summed E-state index contributed by atoms with van der Waals surface area (Å²) in [5.74, 6) is 1.10. The van der Waals surface area contributed by atoms with Gasteiger partial charge in [-0.3, -0.25) is 14.8 Å². The van der Waals surface area contributed by atoms with Crippen LogP contribution in [0.2, 0.25) is 0 Å². The first-order valence-corrected chi connectivity index (χ1v) is 9.44. The first-order chi connectivity index (χ1) is 12.7. The van der Waals surface area contributed by atoms with Crippen LogP contribution in [0.5, 0.6) is 0 Å². The molecule has 2 aromatic rings. The second kappa shape index (κ2) is 7.45. The van der Waals surface area contributed by atoms with E-state index < -0.39 is 0 Å². The van der Waals surface area contributed by atoms with Crippen LogP contribution in [0.4, 0.5) is 5.95 Å². The van der Waals surface area contributed by atoms with E-state index in [-0.39, 0.29) is 11.9 Å². The molecule has 1 aliphatic heterocycles. The van der Waals surface area contributed by atoms with Crippen molar-refractivity contribution in [2.75, 3.05) is 31.9 Å². The van der Waals surface area contributed by atoms with E-state index in [1.54, 1.807) is 0 Å². The molecule has 1 fully saturated rings. The van der Waals surface area contributed by atoms with Gasteiger partial charge in [0.2, 0.25) is 11.9 Å². The quantitative estimate of drug-likeness (QED) is 0.855. The lowest BCUT2D eigenvalue weighted by Gasteiger charge is -2.27. The van der Waals surface area contributed by atoms with Crippen LogP contribution < -0.4 is 5.73 Å². The van der Waals surface area contributed by atoms with Gasteiger partial charge in [0, 0.05) is 45.1 Å². The Hall–Kier alpha value is -2.41. The molecule has 2 heterocycles. The molecule has 26 heavy (non-hydrogen) atoms. The van der Waals surface area contributed by atoms with Crippen LogP contribution in [0.1, 0.15) is 29.8 Å². The van der Waals surface area contributed by atoms with Crippen LogP contribution in [0.3, 0.4) is 0 Å². The Labute approximate surface area is 153 Å². The van der Waals surface area contributed by atoms with Crippen LogP contribution in [0.15, 0.2) is 24.3 Å². The number of hydrogen-bond acceptors (Lipinski definition) is 5. The van der Waals surface area contributed by atoms with Crippen molar-refractivity contribution in [3.8, 4) is 0 Å². The third-order valence-electron chi connectivity index (χ3n) is 5.55. The van der Waals surface area contributed by atoms with E-state index >= 15 is 0 Å². The molecule has 1 amide bonds. The number of nitrogens with zero attached hydrogens (tertiary/aromatic N) is 4. The minimum absolute atomic E-state index is 0.191. The number of aryl methyl sites for hydroxylation is 1. The minimum atomic E-state index is 0.191. The van der Waals surface area contributed by atoms with Crippen LogP contribution in [0, 0.1) is 0 Å². The Balaban J connectivity index is 1.29. The highest BCUT2D eigenvalue weighted by atomic mass is 16.2. The van der Waals surface area contributed by atoms with Gasteiger partial charge >= 0.3 is 0 Å². The Morgan fingerprint density at radius 3 is 2.62 bits per heavy atom. The second-order valence-corrected chi connectivity index (χ2v) is 7.24. The van der Waals surface area contributed by atoms with Gasteiger partial charge in [-0.1, -0.05) is 24.3 Å². The van der Waals surface area contributed by atoms with Crippen LogP contribution in [-0.2, 0) is 24.1 Å². The van der Waals surface area contributed by atoms with Gasteiger partial charge in [0.25, 0.3) is 0 Å². The van der Waals surface area contributed by atoms with E-state index in [9.17, 15) is 4.79 Å². The van der Waals surface area contributed by atoms with Crippen LogP contribution >= 0.6 is 0 Å². The molecule has 0 spiro atoms. The number of rotatable bonds is 4. The molecule has 0 saturated carbocycles. The smallest absolute Gasteiger partial charge is 0.239 e. The monoisotopic (exact) mass is 354 g/mol. The molecule has 0 bridgehead atoms. The number of aromatic nitrogens is 3. The number of benzene rings is 1. The van der Waals surface area contributed by atoms with E-state index in [0.29, 0.717) is 24.7 Å². The fourth-order valence-corrected chi connectivity index (χ4v) is 4.15. The number of H-pyrrole nitrogens is 1. The number of carbonyl (C=O) groups is 1. The first kappa shape index (κ1) is 17.0. The standard InChI is InChI=1S/C19H26N6O/c20-19-21-17(22-23-19)6-7-18(26)25-9-3-8-24(10-11-25)16-12-14-4-1-2-5-15(14)13-16/h1-2,4-5,16H,3,6-13H2,(H3,20,21,22,23). The number of nitrogens with one attached hydrogen (secondary N) is 1. The third-order valence-corrected chi connectivity index (χ3v) is 5.55. The maximum Gasteiger partial charge on any atom is 0.239 e. The zero-order valence-electron chi connectivity index (χ0n) is 15.0. The van der Waals surface area contributed by atoms with Crippen LogP contribution in [0.25, 0.3) is 0 Å². The van der Waals surface area contributed by atoms with E-state index in [2.05, 4.69) is 44.3 Å². The molecule has 4 rings (SSSR count). The summed E-state index contributed by atoms with van der Waals surface area (Å²) < 4.78 is 0. The Morgan fingerprint density at radius 2 is 1.92 bits per heavy atom. The summed E-state index contributed by atoms with van der Waals surface area (Å²) in [5.41, 5.74) is 8.47. The van der Waals surface area contributed by atoms with Gasteiger partial charge in [-0.05, 0) is 30.4 Å². The average molecular weight is 354 g/mol. The van der Waals surface area contributed by atoms with Crippen molar-refractivity contribution in [3.05, 3.63) is 41.2 Å². The van der Waals surface area contributed by atoms with Crippen molar-refractivity contribution in [2.45, 2.75) is 38.1 Å². The maximum absolute atomic E-state index is 12.6. The molecule has 0 atom stereocenters. The molecule has 1 aromatic heterocycles. The topological polar surface area (TPSA) is 91.1 Å². The normalized spacial score (nSPS) is 18.7. The predicted octanol–water partition coefficient (Wildman–Crippen LogP) is 1.02. The Bertz CT molecular complexity index is 748. The number of anilines is 1. The molecule has 1 saturated heterocycles. The Morgan fingerprint density at radius 1 is 1.15 bits per heavy atom. The lowest BCUT2D eigenvalue weighted by atomic mass is 10.1. The van der Waals surface area contributed by atoms with Crippen molar-refractivity contribution in [1.82, 2.24) is 25.0 Å². The number of fused-ring (bicyclic) bond motifs is 1. The number of amides is 1. The molecule has 3 N–H and O–H groups in total. The highest BCUT2D eigenvalue weighted by Crippen LogP contribution is 2.26. The lowest BCUT2D eigenvalue weighted by molar-refractivity contribution is -0.131. The van der Waals surface area contributed by atoms with E-state index in [1.165, 1.54) is 11.1 Å². The van der Waals surface area contributed by atoms with Crippen molar-refractivity contribution >= 4 is 11.9 Å². The number of hydrogen-bond donors (Lipinski definition) is 2. The van der Waals surface area contributed by atoms with Gasteiger partial charge in [0.1, 0.15) is 5.82 Å². The molecular formula is C19H26N6O. The maximum atomic E-state index is 12.6. The van der Waals surface area contributed by atoms with Crippen molar-refractivity contribution in [2.24, 2.45) is 0 Å².